The molecule has 2 aliphatic rings. The Hall–Kier alpha value is -2.59. The SMILES string of the molecule is COc1cc2cc(c1Cl)NC(=O)CC(O)C(C)CC(C)C1CC(O)(NC(=O)O1)C(OC)C=CC=C(C)C2. The number of rotatable bonds is 2. The van der Waals surface area contributed by atoms with Gasteiger partial charge < -0.3 is 29.7 Å². The van der Waals surface area contributed by atoms with Crippen molar-refractivity contribution < 1.29 is 34.0 Å². The van der Waals surface area contributed by atoms with Crippen molar-refractivity contribution in [3.05, 3.63) is 46.5 Å². The van der Waals surface area contributed by atoms with Gasteiger partial charge in [-0.1, -0.05) is 49.2 Å². The number of ether oxygens (including phenoxy) is 3. The number of nitrogens with one attached hydrogen (secondary N) is 2. The molecule has 0 radical (unpaired) electrons. The van der Waals surface area contributed by atoms with Crippen LogP contribution in [0.2, 0.25) is 5.02 Å². The maximum absolute atomic E-state index is 12.8. The van der Waals surface area contributed by atoms with Crippen LogP contribution >= 0.6 is 11.6 Å². The fraction of sp³-hybridized carbons (Fsp3) is 0.556. The van der Waals surface area contributed by atoms with E-state index in [1.165, 1.54) is 14.2 Å². The van der Waals surface area contributed by atoms with Gasteiger partial charge in [0, 0.05) is 13.5 Å². The van der Waals surface area contributed by atoms with E-state index >= 15 is 0 Å². The molecule has 204 valence electrons. The quantitative estimate of drug-likeness (QED) is 0.450. The summed E-state index contributed by atoms with van der Waals surface area (Å²) in [5.41, 5.74) is 0.568. The third kappa shape index (κ3) is 7.25. The molecular formula is C27H37ClN2O7. The third-order valence-corrected chi connectivity index (χ3v) is 7.38. The molecule has 4 bridgehead atoms. The van der Waals surface area contributed by atoms with Crippen molar-refractivity contribution in [3.63, 3.8) is 0 Å². The molecule has 9 nitrogen and oxygen atoms in total. The average Bonchev–Trinajstić information content (AvgIpc) is 2.82. The van der Waals surface area contributed by atoms with Crippen LogP contribution in [0.4, 0.5) is 10.5 Å². The number of alkyl carbamates (subject to hydrolysis) is 1. The number of aliphatic hydroxyl groups is 2. The Kier molecular flexibility index (Phi) is 9.63. The molecule has 1 aromatic carbocycles. The molecule has 1 fully saturated rings. The highest BCUT2D eigenvalue weighted by molar-refractivity contribution is 6.35. The van der Waals surface area contributed by atoms with Gasteiger partial charge in [-0.2, -0.15) is 0 Å². The molecule has 37 heavy (non-hydrogen) atoms. The highest BCUT2D eigenvalue weighted by Crippen LogP contribution is 2.35. The van der Waals surface area contributed by atoms with Crippen LogP contribution < -0.4 is 15.4 Å². The minimum atomic E-state index is -1.68. The lowest BCUT2D eigenvalue weighted by Gasteiger charge is -2.42. The standard InChI is InChI=1S/C27H37ClN2O7/c1-15-7-6-8-23(36-5)27(34)14-22(37-26(33)30-27)17(3)10-16(2)20(31)13-24(32)29-19-11-18(9-15)12-21(35-4)25(19)28/h6-8,11-12,16-17,20,22-23,31,34H,9-10,13-14H2,1-5H3,(H,29,32)(H,30,33). The molecule has 2 heterocycles. The van der Waals surface area contributed by atoms with Gasteiger partial charge in [-0.25, -0.2) is 4.79 Å². The number of hydrogen-bond acceptors (Lipinski definition) is 7. The minimum absolute atomic E-state index is 0.0961. The second-order valence-electron chi connectivity index (χ2n) is 10.1. The second-order valence-corrected chi connectivity index (χ2v) is 10.5. The Morgan fingerprint density at radius 1 is 1.19 bits per heavy atom. The highest BCUT2D eigenvalue weighted by Gasteiger charge is 2.46. The first kappa shape index (κ1) is 29.0. The lowest BCUT2D eigenvalue weighted by Crippen LogP contribution is -2.63. The van der Waals surface area contributed by atoms with Gasteiger partial charge in [0.1, 0.15) is 23.0 Å². The van der Waals surface area contributed by atoms with Crippen LogP contribution in [0.25, 0.3) is 0 Å². The molecule has 1 aromatic rings. The van der Waals surface area contributed by atoms with Gasteiger partial charge in [-0.3, -0.25) is 10.1 Å². The van der Waals surface area contributed by atoms with E-state index in [9.17, 15) is 19.8 Å². The number of carbonyl (C=O) groups excluding carboxylic acids is 2. The van der Waals surface area contributed by atoms with Gasteiger partial charge >= 0.3 is 6.09 Å². The van der Waals surface area contributed by atoms with Crippen LogP contribution in [0.3, 0.4) is 0 Å². The predicted molar refractivity (Wildman–Crippen MR) is 141 cm³/mol. The van der Waals surface area contributed by atoms with E-state index < -0.39 is 30.1 Å². The molecular weight excluding hydrogens is 500 g/mol. The molecule has 3 rings (SSSR count). The number of hydrogen-bond donors (Lipinski definition) is 4. The number of carbonyl (C=O) groups is 2. The van der Waals surface area contributed by atoms with Gasteiger partial charge in [0.15, 0.2) is 5.72 Å². The zero-order valence-corrected chi connectivity index (χ0v) is 22.7. The topological polar surface area (TPSA) is 126 Å². The van der Waals surface area contributed by atoms with Crippen LogP contribution in [-0.4, -0.2) is 60.5 Å². The van der Waals surface area contributed by atoms with Crippen LogP contribution in [0.15, 0.2) is 35.9 Å². The van der Waals surface area contributed by atoms with Crippen molar-refractivity contribution in [2.75, 3.05) is 19.5 Å². The van der Waals surface area contributed by atoms with Crippen LogP contribution in [-0.2, 0) is 20.7 Å². The smallest absolute Gasteiger partial charge is 0.409 e. The van der Waals surface area contributed by atoms with E-state index in [1.54, 1.807) is 24.3 Å². The largest absolute Gasteiger partial charge is 0.495 e. The van der Waals surface area contributed by atoms with E-state index in [0.717, 1.165) is 11.1 Å². The Labute approximate surface area is 222 Å². The zero-order chi connectivity index (χ0) is 27.3. The third-order valence-electron chi connectivity index (χ3n) is 6.99. The van der Waals surface area contributed by atoms with Gasteiger partial charge in [0.2, 0.25) is 5.91 Å². The molecule has 2 amide bonds. The summed E-state index contributed by atoms with van der Waals surface area (Å²) >= 11 is 6.45. The summed E-state index contributed by atoms with van der Waals surface area (Å²) in [7, 11) is 2.97. The molecule has 0 saturated carbocycles. The summed E-state index contributed by atoms with van der Waals surface area (Å²) < 4.78 is 16.4. The van der Waals surface area contributed by atoms with E-state index in [4.69, 9.17) is 25.8 Å². The Morgan fingerprint density at radius 2 is 1.92 bits per heavy atom. The number of methoxy groups -OCH3 is 2. The molecule has 4 N–H and O–H groups in total. The van der Waals surface area contributed by atoms with E-state index in [0.29, 0.717) is 24.3 Å². The normalized spacial score (nSPS) is 31.6. The second kappa shape index (κ2) is 12.3. The van der Waals surface area contributed by atoms with Crippen LogP contribution in [0.5, 0.6) is 5.75 Å². The number of anilines is 1. The van der Waals surface area contributed by atoms with E-state index in [2.05, 4.69) is 10.6 Å². The number of amides is 2. The van der Waals surface area contributed by atoms with Crippen molar-refractivity contribution in [1.29, 1.82) is 0 Å². The van der Waals surface area contributed by atoms with Crippen molar-refractivity contribution >= 4 is 29.3 Å². The molecule has 0 aromatic heterocycles. The fourth-order valence-corrected chi connectivity index (χ4v) is 5.10. The van der Waals surface area contributed by atoms with Crippen molar-refractivity contribution in [3.8, 4) is 5.75 Å². The molecule has 2 aliphatic heterocycles. The van der Waals surface area contributed by atoms with E-state index in [1.807, 2.05) is 26.8 Å². The Balaban J connectivity index is 1.99. The summed E-state index contributed by atoms with van der Waals surface area (Å²) in [6, 6.07) is 3.59. The number of fused-ring (bicyclic) bond motifs is 4. The summed E-state index contributed by atoms with van der Waals surface area (Å²) in [6.45, 7) is 5.66. The van der Waals surface area contributed by atoms with Gasteiger partial charge in [0.05, 0.1) is 25.3 Å². The number of allylic oxidation sites excluding steroid dienone is 3. The summed E-state index contributed by atoms with van der Waals surface area (Å²) in [6.07, 6.45) is 3.17. The lowest BCUT2D eigenvalue weighted by molar-refractivity contribution is -0.142. The van der Waals surface area contributed by atoms with Crippen LogP contribution in [0.1, 0.15) is 45.6 Å². The summed E-state index contributed by atoms with van der Waals surface area (Å²) in [5, 5.41) is 27.7. The predicted octanol–water partition coefficient (Wildman–Crippen LogP) is 3.96. The van der Waals surface area contributed by atoms with Gasteiger partial charge in [0.25, 0.3) is 0 Å². The molecule has 10 heteroatoms. The number of halogens is 1. The van der Waals surface area contributed by atoms with Crippen molar-refractivity contribution in [2.45, 2.75) is 70.5 Å². The highest BCUT2D eigenvalue weighted by atomic mass is 35.5. The fourth-order valence-electron chi connectivity index (χ4n) is 4.87. The minimum Gasteiger partial charge on any atom is -0.495 e. The maximum Gasteiger partial charge on any atom is 0.409 e. The number of benzene rings is 1. The average molecular weight is 537 g/mol. The molecule has 0 aliphatic carbocycles. The van der Waals surface area contributed by atoms with Crippen molar-refractivity contribution in [1.82, 2.24) is 5.32 Å². The van der Waals surface area contributed by atoms with E-state index in [-0.39, 0.29) is 35.6 Å². The van der Waals surface area contributed by atoms with Crippen LogP contribution in [0, 0.1) is 11.8 Å². The first-order valence-electron chi connectivity index (χ1n) is 12.4. The van der Waals surface area contributed by atoms with Gasteiger partial charge in [-0.05, 0) is 49.3 Å². The molecule has 1 saturated heterocycles. The molecule has 0 spiro atoms. The summed E-state index contributed by atoms with van der Waals surface area (Å²) in [5.74, 6) is -0.444. The number of aliphatic hydroxyl groups excluding tert-OH is 1. The Bertz CT molecular complexity index is 1060. The monoisotopic (exact) mass is 536 g/mol. The first-order valence-corrected chi connectivity index (χ1v) is 12.8. The lowest BCUT2D eigenvalue weighted by atomic mass is 9.84. The molecule has 6 unspecified atom stereocenters. The van der Waals surface area contributed by atoms with Crippen molar-refractivity contribution in [2.24, 2.45) is 11.8 Å². The summed E-state index contributed by atoms with van der Waals surface area (Å²) in [4.78, 5) is 25.1. The maximum atomic E-state index is 12.8. The zero-order valence-electron chi connectivity index (χ0n) is 21.9. The van der Waals surface area contributed by atoms with Gasteiger partial charge in [-0.15, -0.1) is 0 Å². The Morgan fingerprint density at radius 3 is 2.59 bits per heavy atom. The first-order chi connectivity index (χ1) is 17.4. The molecule has 6 atom stereocenters.